The van der Waals surface area contributed by atoms with E-state index in [1.165, 1.54) is 0 Å². The summed E-state index contributed by atoms with van der Waals surface area (Å²) in [6.07, 6.45) is 0.706. The van der Waals surface area contributed by atoms with Crippen molar-refractivity contribution in [2.24, 2.45) is 5.73 Å². The number of rotatable bonds is 4. The number of nitrogens with two attached hydrogens (primary N) is 1. The first-order chi connectivity index (χ1) is 7.07. The number of aliphatic hydroxyl groups excluding tert-OH is 1. The first kappa shape index (κ1) is 12.0. The first-order valence-corrected chi connectivity index (χ1v) is 4.57. The van der Waals surface area contributed by atoms with Crippen LogP contribution in [0.15, 0.2) is 12.1 Å². The lowest BCUT2D eigenvalue weighted by molar-refractivity contribution is 0.279. The molecule has 0 saturated carbocycles. The Morgan fingerprint density at radius 3 is 2.47 bits per heavy atom. The molecule has 0 amide bonds. The second kappa shape index (κ2) is 5.14. The highest BCUT2D eigenvalue weighted by Gasteiger charge is 2.17. The molecule has 0 aliphatic heterocycles. The maximum atomic E-state index is 13.2. The molecule has 1 atom stereocenters. The van der Waals surface area contributed by atoms with Crippen molar-refractivity contribution >= 4 is 0 Å². The molecular weight excluding hydrogens is 207 g/mol. The summed E-state index contributed by atoms with van der Waals surface area (Å²) in [4.78, 5) is 0. The van der Waals surface area contributed by atoms with Crippen LogP contribution in [0.3, 0.4) is 0 Å². The molecule has 0 aromatic heterocycles. The minimum Gasteiger partial charge on any atom is -0.396 e. The van der Waals surface area contributed by atoms with Crippen LogP contribution in [-0.2, 0) is 0 Å². The second-order valence-corrected chi connectivity index (χ2v) is 3.24. The molecule has 0 unspecified atom stereocenters. The van der Waals surface area contributed by atoms with E-state index in [4.69, 9.17) is 10.8 Å². The van der Waals surface area contributed by atoms with Crippen LogP contribution < -0.4 is 5.73 Å². The molecule has 1 aromatic rings. The van der Waals surface area contributed by atoms with E-state index in [0.29, 0.717) is 12.8 Å². The van der Waals surface area contributed by atoms with Crippen LogP contribution in [0.1, 0.15) is 24.4 Å². The fourth-order valence-corrected chi connectivity index (χ4v) is 1.29. The van der Waals surface area contributed by atoms with Crippen LogP contribution in [0.2, 0.25) is 0 Å². The monoisotopic (exact) mass is 219 g/mol. The quantitative estimate of drug-likeness (QED) is 0.759. The van der Waals surface area contributed by atoms with Crippen molar-refractivity contribution in [1.82, 2.24) is 0 Å². The molecule has 3 N–H and O–H groups in total. The first-order valence-electron chi connectivity index (χ1n) is 4.57. The topological polar surface area (TPSA) is 46.2 Å². The summed E-state index contributed by atoms with van der Waals surface area (Å²) in [5.74, 6) is -3.99. The van der Waals surface area contributed by atoms with E-state index >= 15 is 0 Å². The summed E-state index contributed by atoms with van der Waals surface area (Å²) in [5, 5.41) is 8.55. The maximum Gasteiger partial charge on any atom is 0.194 e. The largest absolute Gasteiger partial charge is 0.396 e. The van der Waals surface area contributed by atoms with Gasteiger partial charge < -0.3 is 10.8 Å². The molecule has 0 fully saturated rings. The Morgan fingerprint density at radius 1 is 1.20 bits per heavy atom. The molecule has 1 aromatic carbocycles. The Kier molecular flexibility index (Phi) is 4.11. The predicted molar refractivity (Wildman–Crippen MR) is 49.6 cm³/mol. The third-order valence-corrected chi connectivity index (χ3v) is 2.14. The average molecular weight is 219 g/mol. The number of benzene rings is 1. The normalized spacial score (nSPS) is 12.9. The van der Waals surface area contributed by atoms with E-state index in [-0.39, 0.29) is 12.2 Å². The van der Waals surface area contributed by atoms with Crippen LogP contribution in [0.4, 0.5) is 13.2 Å². The minimum absolute atomic E-state index is 0.0673. The molecule has 0 saturated heterocycles. The number of hydrogen-bond acceptors (Lipinski definition) is 2. The minimum atomic E-state index is -1.51. The van der Waals surface area contributed by atoms with Gasteiger partial charge in [-0.25, -0.2) is 13.2 Å². The molecule has 0 heterocycles. The molecule has 2 nitrogen and oxygen atoms in total. The van der Waals surface area contributed by atoms with Gasteiger partial charge in [-0.15, -0.1) is 0 Å². The van der Waals surface area contributed by atoms with Crippen molar-refractivity contribution in [2.75, 3.05) is 6.61 Å². The molecule has 0 aliphatic rings. The van der Waals surface area contributed by atoms with Crippen molar-refractivity contribution < 1.29 is 18.3 Å². The molecule has 5 heteroatoms. The highest BCUT2D eigenvalue weighted by molar-refractivity contribution is 5.23. The molecule has 1 rings (SSSR count). The van der Waals surface area contributed by atoms with E-state index in [2.05, 4.69) is 0 Å². The van der Waals surface area contributed by atoms with Crippen molar-refractivity contribution in [3.8, 4) is 0 Å². The van der Waals surface area contributed by atoms with Gasteiger partial charge in [0.25, 0.3) is 0 Å². The molecule has 0 spiro atoms. The molecule has 0 bridgehead atoms. The van der Waals surface area contributed by atoms with Crippen LogP contribution in [-0.4, -0.2) is 11.7 Å². The summed E-state index contributed by atoms with van der Waals surface area (Å²) in [6, 6.07) is 1.23. The van der Waals surface area contributed by atoms with Gasteiger partial charge in [0.2, 0.25) is 0 Å². The van der Waals surface area contributed by atoms with Gasteiger partial charge in [0, 0.05) is 18.2 Å². The highest BCUT2D eigenvalue weighted by atomic mass is 19.2. The zero-order valence-corrected chi connectivity index (χ0v) is 8.01. The third kappa shape index (κ3) is 2.70. The van der Waals surface area contributed by atoms with Gasteiger partial charge in [0.15, 0.2) is 17.5 Å². The smallest absolute Gasteiger partial charge is 0.194 e. The highest BCUT2D eigenvalue weighted by Crippen LogP contribution is 2.22. The molecule has 0 radical (unpaired) electrons. The van der Waals surface area contributed by atoms with E-state index < -0.39 is 23.5 Å². The molecular formula is C10H12F3NO. The fourth-order valence-electron chi connectivity index (χ4n) is 1.29. The van der Waals surface area contributed by atoms with Gasteiger partial charge in [-0.05, 0) is 18.9 Å². The van der Waals surface area contributed by atoms with Crippen molar-refractivity contribution in [3.63, 3.8) is 0 Å². The second-order valence-electron chi connectivity index (χ2n) is 3.24. The SMILES string of the molecule is N[C@@H](CCCO)c1ccc(F)c(F)c1F. The number of halogens is 3. The van der Waals surface area contributed by atoms with Crippen LogP contribution in [0, 0.1) is 17.5 Å². The van der Waals surface area contributed by atoms with Gasteiger partial charge in [-0.1, -0.05) is 6.07 Å². The standard InChI is InChI=1S/C10H12F3NO/c11-7-4-3-6(9(12)10(7)13)8(14)2-1-5-15/h3-4,8,15H,1-2,5,14H2/t8-/m0/s1. The summed E-state index contributed by atoms with van der Waals surface area (Å²) >= 11 is 0. The molecule has 84 valence electrons. The lowest BCUT2D eigenvalue weighted by atomic mass is 10.0. The number of hydrogen-bond donors (Lipinski definition) is 2. The van der Waals surface area contributed by atoms with Gasteiger partial charge in [0.05, 0.1) is 0 Å². The van der Waals surface area contributed by atoms with Crippen molar-refractivity contribution in [1.29, 1.82) is 0 Å². The number of aliphatic hydroxyl groups is 1. The van der Waals surface area contributed by atoms with Gasteiger partial charge >= 0.3 is 0 Å². The van der Waals surface area contributed by atoms with Gasteiger partial charge in [-0.2, -0.15) is 0 Å². The predicted octanol–water partition coefficient (Wildman–Crippen LogP) is 1.88. The average Bonchev–Trinajstić information content (AvgIpc) is 2.23. The zero-order valence-electron chi connectivity index (χ0n) is 8.01. The van der Waals surface area contributed by atoms with Crippen molar-refractivity contribution in [3.05, 3.63) is 35.1 Å². The Labute approximate surface area is 85.5 Å². The van der Waals surface area contributed by atoms with Crippen molar-refractivity contribution in [2.45, 2.75) is 18.9 Å². The zero-order chi connectivity index (χ0) is 11.4. The molecule has 15 heavy (non-hydrogen) atoms. The lowest BCUT2D eigenvalue weighted by Gasteiger charge is -2.12. The van der Waals surface area contributed by atoms with E-state index in [9.17, 15) is 13.2 Å². The van der Waals surface area contributed by atoms with Crippen LogP contribution >= 0.6 is 0 Å². The Morgan fingerprint density at radius 2 is 1.87 bits per heavy atom. The lowest BCUT2D eigenvalue weighted by Crippen LogP contribution is -2.14. The third-order valence-electron chi connectivity index (χ3n) is 2.14. The van der Waals surface area contributed by atoms with E-state index in [0.717, 1.165) is 12.1 Å². The van der Waals surface area contributed by atoms with Gasteiger partial charge in [-0.3, -0.25) is 0 Å². The van der Waals surface area contributed by atoms with Gasteiger partial charge in [0.1, 0.15) is 0 Å². The fraction of sp³-hybridized carbons (Fsp3) is 0.400. The summed E-state index contributed by atoms with van der Waals surface area (Å²) in [7, 11) is 0. The Hall–Kier alpha value is -1.07. The van der Waals surface area contributed by atoms with Crippen LogP contribution in [0.25, 0.3) is 0 Å². The Bertz CT molecular complexity index is 344. The Balaban J connectivity index is 2.90. The summed E-state index contributed by atoms with van der Waals surface area (Å²) in [5.41, 5.74) is 5.49. The molecule has 0 aliphatic carbocycles. The summed E-state index contributed by atoms with van der Waals surface area (Å²) < 4.78 is 38.6. The summed E-state index contributed by atoms with van der Waals surface area (Å²) in [6.45, 7) is -0.0704. The maximum absolute atomic E-state index is 13.2. The van der Waals surface area contributed by atoms with Crippen LogP contribution in [0.5, 0.6) is 0 Å². The van der Waals surface area contributed by atoms with E-state index in [1.54, 1.807) is 0 Å². The van der Waals surface area contributed by atoms with E-state index in [1.807, 2.05) is 0 Å².